The van der Waals surface area contributed by atoms with E-state index < -0.39 is 34.6 Å². The van der Waals surface area contributed by atoms with Crippen LogP contribution >= 0.6 is 0 Å². The van der Waals surface area contributed by atoms with Crippen LogP contribution in [0.4, 0.5) is 18.9 Å². The van der Waals surface area contributed by atoms with Crippen molar-refractivity contribution in [3.8, 4) is 11.3 Å². The van der Waals surface area contributed by atoms with Gasteiger partial charge in [-0.25, -0.2) is 18.2 Å². The molecule has 2 aromatic heterocycles. The molecular formula is C29H29F3N4O2. The maximum atomic E-state index is 15.1. The van der Waals surface area contributed by atoms with Gasteiger partial charge in [0.2, 0.25) is 0 Å². The lowest BCUT2D eigenvalue weighted by atomic mass is 9.82. The number of halogens is 3. The lowest BCUT2D eigenvalue weighted by molar-refractivity contribution is 0.0852. The Morgan fingerprint density at radius 3 is 2.50 bits per heavy atom. The number of allylic oxidation sites excluding steroid dienone is 1. The van der Waals surface area contributed by atoms with Crippen LogP contribution in [-0.2, 0) is 4.74 Å². The van der Waals surface area contributed by atoms with Gasteiger partial charge in [-0.05, 0) is 85.9 Å². The van der Waals surface area contributed by atoms with E-state index in [2.05, 4.69) is 15.3 Å². The number of nitrogens with two attached hydrogens (primary N) is 1. The predicted octanol–water partition coefficient (Wildman–Crippen LogP) is 5.86. The first-order valence-corrected chi connectivity index (χ1v) is 12.7. The molecule has 1 amide bonds. The zero-order chi connectivity index (χ0) is 26.8. The number of ether oxygens (including phenoxy) is 1. The summed E-state index contributed by atoms with van der Waals surface area (Å²) in [4.78, 5) is 21.3. The Bertz CT molecular complexity index is 1360. The standard InChI is InChI=1S/C29H29F3N4O2/c1-16-10-19(12-20(33)11-16)21-4-7-34-15-26(21)36-29(37)25-3-2-22(30)28(35-25)27-23(31)13-18(14-24(27)32)17-5-8-38-9-6-17/h2-4,7,11,13-15,17,19-20H,5-6,8-10,12,33H2,1H3,(H,36,37)/t19-,20+/m1/s1. The number of amides is 1. The van der Waals surface area contributed by atoms with Gasteiger partial charge >= 0.3 is 0 Å². The Morgan fingerprint density at radius 1 is 1.05 bits per heavy atom. The number of hydrogen-bond donors (Lipinski definition) is 2. The summed E-state index contributed by atoms with van der Waals surface area (Å²) in [5, 5.41) is 2.79. The Kier molecular flexibility index (Phi) is 7.58. The highest BCUT2D eigenvalue weighted by Crippen LogP contribution is 2.36. The second-order valence-electron chi connectivity index (χ2n) is 10.0. The molecule has 1 saturated heterocycles. The van der Waals surface area contributed by atoms with E-state index in [0.717, 1.165) is 18.1 Å². The van der Waals surface area contributed by atoms with E-state index in [1.165, 1.54) is 30.0 Å². The molecule has 0 saturated carbocycles. The van der Waals surface area contributed by atoms with Gasteiger partial charge in [0.25, 0.3) is 5.91 Å². The van der Waals surface area contributed by atoms with E-state index in [1.54, 1.807) is 6.20 Å². The molecule has 5 rings (SSSR count). The van der Waals surface area contributed by atoms with Gasteiger partial charge in [-0.2, -0.15) is 0 Å². The minimum absolute atomic E-state index is 0.0385. The number of benzene rings is 1. The molecule has 3 heterocycles. The first kappa shape index (κ1) is 26.1. The number of pyridine rings is 2. The second kappa shape index (κ2) is 11.0. The maximum Gasteiger partial charge on any atom is 0.274 e. The number of carbonyl (C=O) groups excluding carboxylic acids is 1. The van der Waals surface area contributed by atoms with Gasteiger partial charge in [-0.15, -0.1) is 0 Å². The highest BCUT2D eigenvalue weighted by molar-refractivity contribution is 6.03. The first-order chi connectivity index (χ1) is 18.3. The fourth-order valence-electron chi connectivity index (χ4n) is 5.42. The van der Waals surface area contributed by atoms with Crippen molar-refractivity contribution < 1.29 is 22.7 Å². The molecule has 1 fully saturated rings. The van der Waals surface area contributed by atoms with Crippen LogP contribution in [0.1, 0.15) is 66.1 Å². The largest absolute Gasteiger partial charge is 0.381 e. The topological polar surface area (TPSA) is 90.1 Å². The maximum absolute atomic E-state index is 15.1. The van der Waals surface area contributed by atoms with Crippen LogP contribution in [-0.4, -0.2) is 35.1 Å². The zero-order valence-corrected chi connectivity index (χ0v) is 21.0. The fraction of sp³-hybridized carbons (Fsp3) is 0.345. The molecule has 2 atom stereocenters. The van der Waals surface area contributed by atoms with Crippen LogP contribution in [0.15, 0.2) is 54.4 Å². The van der Waals surface area contributed by atoms with Crippen molar-refractivity contribution in [2.75, 3.05) is 18.5 Å². The highest BCUT2D eigenvalue weighted by atomic mass is 19.1. The van der Waals surface area contributed by atoms with Crippen LogP contribution in [0.5, 0.6) is 0 Å². The summed E-state index contributed by atoms with van der Waals surface area (Å²) >= 11 is 0. The van der Waals surface area contributed by atoms with E-state index in [0.29, 0.717) is 43.7 Å². The van der Waals surface area contributed by atoms with Crippen LogP contribution in [0.25, 0.3) is 11.3 Å². The summed E-state index contributed by atoms with van der Waals surface area (Å²) in [5.41, 5.74) is 7.84. The molecule has 0 bridgehead atoms. The van der Waals surface area contributed by atoms with E-state index >= 15 is 8.78 Å². The third-order valence-electron chi connectivity index (χ3n) is 7.24. The van der Waals surface area contributed by atoms with Crippen LogP contribution in [0, 0.1) is 17.5 Å². The van der Waals surface area contributed by atoms with Gasteiger partial charge in [-0.1, -0.05) is 11.6 Å². The number of nitrogens with zero attached hydrogens (tertiary/aromatic N) is 2. The quantitative estimate of drug-likeness (QED) is 0.410. The average molecular weight is 523 g/mol. The number of carbonyl (C=O) groups is 1. The summed E-state index contributed by atoms with van der Waals surface area (Å²) in [5.74, 6) is -3.39. The molecule has 38 heavy (non-hydrogen) atoms. The van der Waals surface area contributed by atoms with Crippen molar-refractivity contribution in [1.82, 2.24) is 9.97 Å². The van der Waals surface area contributed by atoms with Crippen LogP contribution < -0.4 is 11.1 Å². The minimum atomic E-state index is -0.932. The normalized spacial score (nSPS) is 20.2. The summed E-state index contributed by atoms with van der Waals surface area (Å²) < 4.78 is 50.4. The number of aromatic nitrogens is 2. The Balaban J connectivity index is 1.42. The van der Waals surface area contributed by atoms with Gasteiger partial charge in [0.05, 0.1) is 17.4 Å². The summed E-state index contributed by atoms with van der Waals surface area (Å²) in [6, 6.07) is 6.35. The Labute approximate surface area is 219 Å². The lowest BCUT2D eigenvalue weighted by Crippen LogP contribution is -2.25. The zero-order valence-electron chi connectivity index (χ0n) is 21.0. The van der Waals surface area contributed by atoms with Crippen LogP contribution in [0.3, 0.4) is 0 Å². The van der Waals surface area contributed by atoms with E-state index in [1.807, 2.05) is 19.1 Å². The van der Waals surface area contributed by atoms with Crippen molar-refractivity contribution in [2.45, 2.75) is 50.5 Å². The van der Waals surface area contributed by atoms with Crippen molar-refractivity contribution in [1.29, 1.82) is 0 Å². The molecule has 1 aliphatic heterocycles. The van der Waals surface area contributed by atoms with E-state index in [-0.39, 0.29) is 23.6 Å². The van der Waals surface area contributed by atoms with Gasteiger partial charge in [0.1, 0.15) is 28.8 Å². The van der Waals surface area contributed by atoms with Crippen molar-refractivity contribution in [3.05, 3.63) is 88.6 Å². The molecule has 6 nitrogen and oxygen atoms in total. The van der Waals surface area contributed by atoms with Crippen molar-refractivity contribution in [3.63, 3.8) is 0 Å². The number of anilines is 1. The summed E-state index contributed by atoms with van der Waals surface area (Å²) in [6.07, 6.45) is 8.03. The molecule has 0 unspecified atom stereocenters. The molecule has 0 spiro atoms. The molecule has 1 aliphatic carbocycles. The SMILES string of the molecule is CC1=C[C@H](N)C[C@H](c2ccncc2NC(=O)c2ccc(F)c(-c3c(F)cc(C4CCOCC4)cc3F)n2)C1. The predicted molar refractivity (Wildman–Crippen MR) is 138 cm³/mol. The van der Waals surface area contributed by atoms with Gasteiger partial charge < -0.3 is 15.8 Å². The lowest BCUT2D eigenvalue weighted by Gasteiger charge is -2.27. The number of hydrogen-bond acceptors (Lipinski definition) is 5. The highest BCUT2D eigenvalue weighted by Gasteiger charge is 2.26. The number of nitrogens with one attached hydrogen (secondary N) is 1. The molecule has 3 N–H and O–H groups in total. The van der Waals surface area contributed by atoms with E-state index in [9.17, 15) is 9.18 Å². The van der Waals surface area contributed by atoms with Gasteiger partial charge in [0, 0.05) is 25.5 Å². The third kappa shape index (κ3) is 5.49. The fourth-order valence-corrected chi connectivity index (χ4v) is 5.42. The van der Waals surface area contributed by atoms with Crippen molar-refractivity contribution in [2.24, 2.45) is 5.73 Å². The molecular weight excluding hydrogens is 493 g/mol. The molecule has 1 aromatic carbocycles. The average Bonchev–Trinajstić information content (AvgIpc) is 2.89. The summed E-state index contributed by atoms with van der Waals surface area (Å²) in [6.45, 7) is 3.06. The monoisotopic (exact) mass is 522 g/mol. The van der Waals surface area contributed by atoms with Gasteiger partial charge in [-0.3, -0.25) is 9.78 Å². The Hall–Kier alpha value is -3.56. The van der Waals surface area contributed by atoms with E-state index in [4.69, 9.17) is 10.5 Å². The van der Waals surface area contributed by atoms with Crippen LogP contribution in [0.2, 0.25) is 0 Å². The second-order valence-corrected chi connectivity index (χ2v) is 10.0. The van der Waals surface area contributed by atoms with Crippen molar-refractivity contribution >= 4 is 11.6 Å². The Morgan fingerprint density at radius 2 is 1.79 bits per heavy atom. The molecule has 3 aromatic rings. The molecule has 9 heteroatoms. The first-order valence-electron chi connectivity index (χ1n) is 12.7. The third-order valence-corrected chi connectivity index (χ3v) is 7.24. The molecule has 0 radical (unpaired) electrons. The summed E-state index contributed by atoms with van der Waals surface area (Å²) in [7, 11) is 0. The van der Waals surface area contributed by atoms with Gasteiger partial charge in [0.15, 0.2) is 0 Å². The molecule has 2 aliphatic rings. The minimum Gasteiger partial charge on any atom is -0.381 e. The number of rotatable bonds is 5. The molecule has 198 valence electrons. The smallest absolute Gasteiger partial charge is 0.274 e.